The Morgan fingerprint density at radius 3 is 2.23 bits per heavy atom. The fourth-order valence-corrected chi connectivity index (χ4v) is 1.69. The van der Waals surface area contributed by atoms with Crippen LogP contribution < -0.4 is 10.9 Å². The predicted molar refractivity (Wildman–Crippen MR) is 48.8 cm³/mol. The van der Waals surface area contributed by atoms with Crippen LogP contribution in [0.25, 0.3) is 0 Å². The predicted octanol–water partition coefficient (Wildman–Crippen LogP) is -0.382. The molecular formula is C7H9N3O2S. The van der Waals surface area contributed by atoms with E-state index < -0.39 is 10.0 Å². The van der Waals surface area contributed by atoms with Crippen LogP contribution in [0.3, 0.4) is 0 Å². The standard InChI is InChI=1S/C7H9N3O2S/c8-7(9)5-3-1-2-4-6(5)13(10,11)12/h1-4H,(H3,8,9)(H2,10,11,12). The van der Waals surface area contributed by atoms with Gasteiger partial charge in [0.2, 0.25) is 10.0 Å². The van der Waals surface area contributed by atoms with Crippen LogP contribution in [0.4, 0.5) is 0 Å². The van der Waals surface area contributed by atoms with Crippen LogP contribution in [-0.4, -0.2) is 14.3 Å². The number of hydrogen-bond donors (Lipinski definition) is 3. The number of nitrogens with one attached hydrogen (secondary N) is 1. The first-order valence-electron chi connectivity index (χ1n) is 3.39. The number of nitrogens with two attached hydrogens (primary N) is 2. The molecule has 0 aliphatic carbocycles. The summed E-state index contributed by atoms with van der Waals surface area (Å²) in [5.74, 6) is -0.315. The Hall–Kier alpha value is -1.40. The molecule has 0 bridgehead atoms. The normalized spacial score (nSPS) is 11.2. The third-order valence-corrected chi connectivity index (χ3v) is 2.45. The fourth-order valence-electron chi connectivity index (χ4n) is 0.937. The molecule has 0 amide bonds. The van der Waals surface area contributed by atoms with Crippen molar-refractivity contribution in [3.05, 3.63) is 29.8 Å². The van der Waals surface area contributed by atoms with Gasteiger partial charge in [-0.15, -0.1) is 0 Å². The van der Waals surface area contributed by atoms with Crippen LogP contribution in [0.2, 0.25) is 0 Å². The van der Waals surface area contributed by atoms with Crippen molar-refractivity contribution in [1.29, 1.82) is 5.41 Å². The molecule has 70 valence electrons. The summed E-state index contributed by atoms with van der Waals surface area (Å²) in [5, 5.41) is 12.0. The van der Waals surface area contributed by atoms with Crippen LogP contribution in [0, 0.1) is 5.41 Å². The number of sulfonamides is 1. The van der Waals surface area contributed by atoms with Crippen molar-refractivity contribution >= 4 is 15.9 Å². The van der Waals surface area contributed by atoms with Gasteiger partial charge < -0.3 is 5.73 Å². The lowest BCUT2D eigenvalue weighted by Gasteiger charge is -2.04. The van der Waals surface area contributed by atoms with E-state index in [-0.39, 0.29) is 16.3 Å². The van der Waals surface area contributed by atoms with E-state index in [1.54, 1.807) is 6.07 Å². The van der Waals surface area contributed by atoms with Gasteiger partial charge in [-0.1, -0.05) is 12.1 Å². The molecule has 0 radical (unpaired) electrons. The van der Waals surface area contributed by atoms with E-state index in [1.807, 2.05) is 0 Å². The summed E-state index contributed by atoms with van der Waals surface area (Å²) in [6.07, 6.45) is 0. The van der Waals surface area contributed by atoms with Gasteiger partial charge in [0.15, 0.2) is 0 Å². The first-order valence-corrected chi connectivity index (χ1v) is 4.94. The lowest BCUT2D eigenvalue weighted by molar-refractivity contribution is 0.597. The average molecular weight is 199 g/mol. The van der Waals surface area contributed by atoms with E-state index in [9.17, 15) is 8.42 Å². The Morgan fingerprint density at radius 2 is 1.85 bits per heavy atom. The highest BCUT2D eigenvalue weighted by atomic mass is 32.2. The molecule has 0 aliphatic heterocycles. The second-order valence-corrected chi connectivity index (χ2v) is 3.98. The smallest absolute Gasteiger partial charge is 0.238 e. The molecule has 0 aromatic heterocycles. The first kappa shape index (κ1) is 9.69. The molecule has 13 heavy (non-hydrogen) atoms. The summed E-state index contributed by atoms with van der Waals surface area (Å²) in [6, 6.07) is 5.85. The maximum atomic E-state index is 11.0. The minimum Gasteiger partial charge on any atom is -0.384 e. The molecule has 1 aromatic rings. The van der Waals surface area contributed by atoms with E-state index in [2.05, 4.69) is 0 Å². The van der Waals surface area contributed by atoms with Gasteiger partial charge in [0, 0.05) is 5.56 Å². The Labute approximate surface area is 75.9 Å². The van der Waals surface area contributed by atoms with Crippen molar-refractivity contribution in [2.45, 2.75) is 4.90 Å². The first-order chi connectivity index (χ1) is 5.93. The Bertz CT molecular complexity index is 439. The summed E-state index contributed by atoms with van der Waals surface area (Å²) >= 11 is 0. The monoisotopic (exact) mass is 199 g/mol. The number of hydrogen-bond acceptors (Lipinski definition) is 3. The molecule has 1 aromatic carbocycles. The number of primary sulfonamides is 1. The Balaban J connectivity index is 3.46. The van der Waals surface area contributed by atoms with Crippen molar-refractivity contribution in [2.24, 2.45) is 10.9 Å². The zero-order valence-electron chi connectivity index (χ0n) is 6.69. The second-order valence-electron chi connectivity index (χ2n) is 2.45. The Morgan fingerprint density at radius 1 is 1.31 bits per heavy atom. The molecule has 0 unspecified atom stereocenters. The van der Waals surface area contributed by atoms with Crippen molar-refractivity contribution in [2.75, 3.05) is 0 Å². The summed E-state index contributed by atoms with van der Waals surface area (Å²) in [4.78, 5) is -0.123. The van der Waals surface area contributed by atoms with E-state index in [4.69, 9.17) is 16.3 Å². The highest BCUT2D eigenvalue weighted by Crippen LogP contribution is 2.12. The molecule has 5 N–H and O–H groups in total. The average Bonchev–Trinajstić information content (AvgIpc) is 2.03. The largest absolute Gasteiger partial charge is 0.384 e. The summed E-state index contributed by atoms with van der Waals surface area (Å²) in [5.41, 5.74) is 5.30. The van der Waals surface area contributed by atoms with Gasteiger partial charge in [0.25, 0.3) is 0 Å². The van der Waals surface area contributed by atoms with Gasteiger partial charge in [-0.05, 0) is 12.1 Å². The van der Waals surface area contributed by atoms with E-state index in [0.29, 0.717) is 0 Å². The van der Waals surface area contributed by atoms with Crippen molar-refractivity contribution in [3.63, 3.8) is 0 Å². The summed E-state index contributed by atoms with van der Waals surface area (Å²) in [7, 11) is -3.80. The van der Waals surface area contributed by atoms with Crippen molar-refractivity contribution in [1.82, 2.24) is 0 Å². The Kier molecular flexibility index (Phi) is 2.35. The lowest BCUT2D eigenvalue weighted by Crippen LogP contribution is -2.20. The van der Waals surface area contributed by atoms with Gasteiger partial charge in [0.1, 0.15) is 5.84 Å². The van der Waals surface area contributed by atoms with Crippen LogP contribution in [0.5, 0.6) is 0 Å². The van der Waals surface area contributed by atoms with E-state index in [1.165, 1.54) is 18.2 Å². The van der Waals surface area contributed by atoms with Crippen LogP contribution in [0.1, 0.15) is 5.56 Å². The second kappa shape index (κ2) is 3.15. The van der Waals surface area contributed by atoms with Crippen LogP contribution >= 0.6 is 0 Å². The molecule has 0 aliphatic rings. The molecule has 5 nitrogen and oxygen atoms in total. The SMILES string of the molecule is N=C(N)c1ccccc1S(N)(=O)=O. The minimum atomic E-state index is -3.80. The van der Waals surface area contributed by atoms with E-state index >= 15 is 0 Å². The third kappa shape index (κ3) is 2.04. The highest BCUT2D eigenvalue weighted by Gasteiger charge is 2.14. The van der Waals surface area contributed by atoms with Gasteiger partial charge in [-0.2, -0.15) is 0 Å². The molecule has 0 spiro atoms. The zero-order valence-corrected chi connectivity index (χ0v) is 7.51. The topological polar surface area (TPSA) is 110 Å². The maximum absolute atomic E-state index is 11.0. The summed E-state index contributed by atoms with van der Waals surface area (Å²) in [6.45, 7) is 0. The maximum Gasteiger partial charge on any atom is 0.238 e. The summed E-state index contributed by atoms with van der Waals surface area (Å²) < 4.78 is 22.0. The molecule has 1 rings (SSSR count). The molecular weight excluding hydrogens is 190 g/mol. The van der Waals surface area contributed by atoms with Gasteiger partial charge in [0.05, 0.1) is 4.90 Å². The quantitative estimate of drug-likeness (QED) is 0.446. The van der Waals surface area contributed by atoms with Crippen LogP contribution in [-0.2, 0) is 10.0 Å². The molecule has 0 heterocycles. The van der Waals surface area contributed by atoms with Gasteiger partial charge in [-0.25, -0.2) is 13.6 Å². The van der Waals surface area contributed by atoms with Crippen molar-refractivity contribution in [3.8, 4) is 0 Å². The van der Waals surface area contributed by atoms with Crippen LogP contribution in [0.15, 0.2) is 29.2 Å². The van der Waals surface area contributed by atoms with Crippen molar-refractivity contribution < 1.29 is 8.42 Å². The minimum absolute atomic E-state index is 0.123. The molecule has 0 fully saturated rings. The lowest BCUT2D eigenvalue weighted by atomic mass is 10.2. The fraction of sp³-hybridized carbons (Fsp3) is 0. The van der Waals surface area contributed by atoms with Gasteiger partial charge in [-0.3, -0.25) is 5.41 Å². The highest BCUT2D eigenvalue weighted by molar-refractivity contribution is 7.89. The molecule has 6 heteroatoms. The van der Waals surface area contributed by atoms with E-state index in [0.717, 1.165) is 0 Å². The van der Waals surface area contributed by atoms with Gasteiger partial charge >= 0.3 is 0 Å². The number of amidine groups is 1. The number of rotatable bonds is 2. The number of nitrogen functional groups attached to an aromatic ring is 1. The third-order valence-electron chi connectivity index (χ3n) is 1.48. The molecule has 0 atom stereocenters. The molecule has 0 saturated carbocycles. The zero-order chi connectivity index (χ0) is 10.1. The molecule has 0 saturated heterocycles. The number of benzene rings is 1.